The molecule has 0 aliphatic carbocycles. The van der Waals surface area contributed by atoms with Gasteiger partial charge in [-0.25, -0.2) is 18.4 Å². The first-order chi connectivity index (χ1) is 18.0. The Morgan fingerprint density at radius 1 is 1.03 bits per heavy atom. The Morgan fingerprint density at radius 3 is 2.46 bits per heavy atom. The predicted molar refractivity (Wildman–Crippen MR) is 143 cm³/mol. The van der Waals surface area contributed by atoms with Crippen LogP contribution in [0.5, 0.6) is 0 Å². The molecular weight excluding hydrogens is 512 g/mol. The average molecular weight is 541 g/mol. The van der Waals surface area contributed by atoms with Crippen LogP contribution in [0.4, 0.5) is 17.5 Å². The number of benzene rings is 1. The molecule has 3 aromatic heterocycles. The zero-order valence-electron chi connectivity index (χ0n) is 20.4. The lowest BCUT2D eigenvalue weighted by molar-refractivity contribution is 0.0114. The fraction of sp³-hybridized carbons (Fsp3) is 0.417. The molecule has 1 N–H and O–H groups in total. The van der Waals surface area contributed by atoms with Crippen molar-refractivity contribution < 1.29 is 13.2 Å². The van der Waals surface area contributed by atoms with Crippen LogP contribution in [0, 0.1) is 0 Å². The summed E-state index contributed by atoms with van der Waals surface area (Å²) in [6.45, 7) is 5.32. The molecule has 0 bridgehead atoms. The van der Waals surface area contributed by atoms with Gasteiger partial charge in [-0.3, -0.25) is 9.47 Å². The minimum atomic E-state index is -3.28. The monoisotopic (exact) mass is 540 g/mol. The third kappa shape index (κ3) is 5.04. The zero-order chi connectivity index (χ0) is 25.4. The summed E-state index contributed by atoms with van der Waals surface area (Å²) in [6.07, 6.45) is 4.99. The number of nitrogens with zero attached hydrogens (tertiary/aromatic N) is 7. The summed E-state index contributed by atoms with van der Waals surface area (Å²) < 4.78 is 31.1. The van der Waals surface area contributed by atoms with Gasteiger partial charge in [-0.2, -0.15) is 9.97 Å². The van der Waals surface area contributed by atoms with E-state index in [0.29, 0.717) is 34.7 Å². The van der Waals surface area contributed by atoms with Gasteiger partial charge in [0.25, 0.3) is 0 Å². The van der Waals surface area contributed by atoms with Gasteiger partial charge in [0.15, 0.2) is 32.6 Å². The summed E-state index contributed by atoms with van der Waals surface area (Å²) in [6, 6.07) is 7.18. The Hall–Kier alpha value is -3.13. The molecule has 0 amide bonds. The van der Waals surface area contributed by atoms with E-state index in [-0.39, 0.29) is 4.90 Å². The molecule has 2 aliphatic rings. The van der Waals surface area contributed by atoms with Gasteiger partial charge >= 0.3 is 0 Å². The van der Waals surface area contributed by atoms with Gasteiger partial charge in [-0.05, 0) is 37.1 Å². The highest BCUT2D eigenvalue weighted by molar-refractivity contribution is 7.90. The number of fused-ring (bicyclic) bond motifs is 1. The average Bonchev–Trinajstić information content (AvgIpc) is 3.59. The molecule has 13 heteroatoms. The van der Waals surface area contributed by atoms with Gasteiger partial charge < -0.3 is 15.0 Å². The van der Waals surface area contributed by atoms with Gasteiger partial charge in [0.05, 0.1) is 23.6 Å². The largest absolute Gasteiger partial charge is 0.379 e. The van der Waals surface area contributed by atoms with Crippen molar-refractivity contribution in [3.8, 4) is 5.82 Å². The van der Waals surface area contributed by atoms with Crippen molar-refractivity contribution in [2.75, 3.05) is 55.9 Å². The number of piperidine rings is 1. The Morgan fingerprint density at radius 2 is 1.78 bits per heavy atom. The quantitative estimate of drug-likeness (QED) is 0.391. The molecule has 2 aliphatic heterocycles. The third-order valence-corrected chi connectivity index (χ3v) is 8.61. The molecule has 0 saturated carbocycles. The second-order valence-electron chi connectivity index (χ2n) is 9.29. The highest BCUT2D eigenvalue weighted by atomic mass is 32.2. The van der Waals surface area contributed by atoms with E-state index in [4.69, 9.17) is 14.7 Å². The molecule has 37 heavy (non-hydrogen) atoms. The van der Waals surface area contributed by atoms with Gasteiger partial charge in [0.1, 0.15) is 6.33 Å². The maximum Gasteiger partial charge on any atom is 0.229 e. The van der Waals surface area contributed by atoms with Crippen molar-refractivity contribution in [3.63, 3.8) is 0 Å². The number of aromatic nitrogens is 5. The van der Waals surface area contributed by atoms with Crippen LogP contribution in [0.3, 0.4) is 0 Å². The molecule has 5 heterocycles. The number of nitrogens with one attached hydrogen (secondary N) is 1. The summed E-state index contributed by atoms with van der Waals surface area (Å²) >= 11 is 1.51. The summed E-state index contributed by atoms with van der Waals surface area (Å²) in [7, 11) is -3.28. The van der Waals surface area contributed by atoms with E-state index in [9.17, 15) is 8.42 Å². The van der Waals surface area contributed by atoms with E-state index < -0.39 is 9.84 Å². The van der Waals surface area contributed by atoms with E-state index in [2.05, 4.69) is 25.1 Å². The fourth-order valence-corrected chi connectivity index (χ4v) is 6.06. The minimum absolute atomic E-state index is 0.266. The standard InChI is InChI=1S/C24H28N8O3S2/c1-37(33,34)19-4-2-17(3-5-19)27-22-21-23(32(15-25-21)20-14-36-16-26-20)29-24(28-22)31-8-6-18(7-9-31)30-10-12-35-13-11-30/h2-5,14-16,18H,6-13H2,1H3,(H,27,28,29). The van der Waals surface area contributed by atoms with Crippen LogP contribution in [0.25, 0.3) is 17.0 Å². The van der Waals surface area contributed by atoms with Crippen LogP contribution in [-0.2, 0) is 14.6 Å². The Labute approximate surface area is 219 Å². The maximum atomic E-state index is 11.9. The minimum Gasteiger partial charge on any atom is -0.379 e. The molecule has 2 saturated heterocycles. The maximum absolute atomic E-state index is 11.9. The normalized spacial score (nSPS) is 17.9. The van der Waals surface area contributed by atoms with Gasteiger partial charge in [0, 0.05) is 49.5 Å². The summed E-state index contributed by atoms with van der Waals surface area (Å²) in [5.74, 6) is 1.96. The first kappa shape index (κ1) is 24.2. The van der Waals surface area contributed by atoms with Crippen LogP contribution in [0.2, 0.25) is 0 Å². The van der Waals surface area contributed by atoms with Crippen molar-refractivity contribution in [1.29, 1.82) is 0 Å². The van der Waals surface area contributed by atoms with Crippen LogP contribution < -0.4 is 10.2 Å². The number of rotatable bonds is 6. The number of morpholine rings is 1. The third-order valence-electron chi connectivity index (χ3n) is 6.91. The predicted octanol–water partition coefficient (Wildman–Crippen LogP) is 2.72. The molecule has 6 rings (SSSR count). The van der Waals surface area contributed by atoms with Gasteiger partial charge in [-0.1, -0.05) is 0 Å². The summed E-state index contributed by atoms with van der Waals surface area (Å²) in [4.78, 5) is 23.9. The van der Waals surface area contributed by atoms with E-state index >= 15 is 0 Å². The van der Waals surface area contributed by atoms with Crippen LogP contribution in [-0.4, -0.2) is 89.5 Å². The number of hydrogen-bond donors (Lipinski definition) is 1. The molecule has 0 spiro atoms. The molecular formula is C24H28N8O3S2. The molecule has 0 atom stereocenters. The number of sulfone groups is 1. The van der Waals surface area contributed by atoms with Gasteiger partial charge in [-0.15, -0.1) is 11.3 Å². The van der Waals surface area contributed by atoms with Gasteiger partial charge in [0.2, 0.25) is 5.95 Å². The molecule has 0 unspecified atom stereocenters. The molecule has 1 aromatic carbocycles. The SMILES string of the molecule is CS(=O)(=O)c1ccc(Nc2nc(N3CCC(N4CCOCC4)CC3)nc3c2ncn3-c2cscn2)cc1. The fourth-order valence-electron chi connectivity index (χ4n) is 4.91. The lowest BCUT2D eigenvalue weighted by Crippen LogP contribution is -2.49. The second kappa shape index (κ2) is 9.97. The highest BCUT2D eigenvalue weighted by Gasteiger charge is 2.28. The summed E-state index contributed by atoms with van der Waals surface area (Å²) in [5.41, 5.74) is 3.78. The van der Waals surface area contributed by atoms with Crippen LogP contribution in [0.15, 0.2) is 46.4 Å². The number of imidazole rings is 1. The van der Waals surface area contributed by atoms with E-state index in [1.807, 2.05) is 9.95 Å². The van der Waals surface area contributed by atoms with Crippen molar-refractivity contribution in [1.82, 2.24) is 29.4 Å². The lowest BCUT2D eigenvalue weighted by Gasteiger charge is -2.40. The zero-order valence-corrected chi connectivity index (χ0v) is 22.1. The summed E-state index contributed by atoms with van der Waals surface area (Å²) in [5, 5.41) is 5.29. The number of anilines is 3. The molecule has 4 aromatic rings. The molecule has 2 fully saturated rings. The Balaban J connectivity index is 1.32. The number of hydrogen-bond acceptors (Lipinski definition) is 11. The first-order valence-corrected chi connectivity index (χ1v) is 15.1. The molecule has 194 valence electrons. The Bertz CT molecular complexity index is 1470. The topological polar surface area (TPSA) is 118 Å². The lowest BCUT2D eigenvalue weighted by atomic mass is 10.0. The van der Waals surface area contributed by atoms with E-state index in [1.165, 1.54) is 17.6 Å². The number of thiazole rings is 1. The molecule has 0 radical (unpaired) electrons. The second-order valence-corrected chi connectivity index (χ2v) is 12.0. The van der Waals surface area contributed by atoms with Crippen molar-refractivity contribution in [2.45, 2.75) is 23.8 Å². The van der Waals surface area contributed by atoms with Crippen LogP contribution in [0.1, 0.15) is 12.8 Å². The van der Waals surface area contributed by atoms with E-state index in [1.54, 1.807) is 36.1 Å². The van der Waals surface area contributed by atoms with E-state index in [0.717, 1.165) is 58.1 Å². The smallest absolute Gasteiger partial charge is 0.229 e. The highest BCUT2D eigenvalue weighted by Crippen LogP contribution is 2.29. The molecule has 11 nitrogen and oxygen atoms in total. The number of ether oxygens (including phenoxy) is 1. The van der Waals surface area contributed by atoms with Crippen molar-refractivity contribution in [3.05, 3.63) is 41.5 Å². The van der Waals surface area contributed by atoms with Crippen LogP contribution >= 0.6 is 11.3 Å². The first-order valence-electron chi connectivity index (χ1n) is 12.2. The van der Waals surface area contributed by atoms with Crippen molar-refractivity contribution >= 4 is 49.8 Å². The Kier molecular flexibility index (Phi) is 6.53. The van der Waals surface area contributed by atoms with Crippen molar-refractivity contribution in [2.24, 2.45) is 0 Å².